The van der Waals surface area contributed by atoms with E-state index in [1.165, 1.54) is 11.7 Å². The van der Waals surface area contributed by atoms with Gasteiger partial charge in [0.1, 0.15) is 10.9 Å². The standard InChI is InChI=1S/C16H22N6O5S2/c1-5-9(22-14(17)20-21-16(22)28-7-10(23)26-4)12(24)19-15-18-8(3)11(29-15)13(25)27-6-2/h9H,5-7H2,1-4H3,(H2,17,20)(H,18,19,24). The van der Waals surface area contributed by atoms with Gasteiger partial charge < -0.3 is 20.5 Å². The summed E-state index contributed by atoms with van der Waals surface area (Å²) in [5, 5.41) is 11.0. The van der Waals surface area contributed by atoms with Crippen molar-refractivity contribution < 1.29 is 23.9 Å². The molecule has 2 aromatic rings. The van der Waals surface area contributed by atoms with E-state index in [-0.39, 0.29) is 23.4 Å². The number of nitrogens with two attached hydrogens (primary N) is 1. The fraction of sp³-hybridized carbons (Fsp3) is 0.500. The average Bonchev–Trinajstić information content (AvgIpc) is 3.23. The number of anilines is 2. The largest absolute Gasteiger partial charge is 0.468 e. The topological polar surface area (TPSA) is 151 Å². The predicted octanol–water partition coefficient (Wildman–Crippen LogP) is 1.66. The number of aryl methyl sites for hydroxylation is 1. The zero-order chi connectivity index (χ0) is 21.6. The summed E-state index contributed by atoms with van der Waals surface area (Å²) < 4.78 is 11.0. The summed E-state index contributed by atoms with van der Waals surface area (Å²) in [5.74, 6) is -1.28. The van der Waals surface area contributed by atoms with Crippen LogP contribution in [0.2, 0.25) is 0 Å². The van der Waals surface area contributed by atoms with Crippen LogP contribution in [0.4, 0.5) is 11.1 Å². The number of rotatable bonds is 9. The number of thioether (sulfide) groups is 1. The highest BCUT2D eigenvalue weighted by molar-refractivity contribution is 7.99. The molecule has 0 aromatic carbocycles. The van der Waals surface area contributed by atoms with Gasteiger partial charge in [-0.15, -0.1) is 10.2 Å². The molecular weight excluding hydrogens is 420 g/mol. The Bertz CT molecular complexity index is 896. The van der Waals surface area contributed by atoms with Crippen molar-refractivity contribution >= 4 is 52.0 Å². The highest BCUT2D eigenvalue weighted by atomic mass is 32.2. The van der Waals surface area contributed by atoms with Gasteiger partial charge in [-0.25, -0.2) is 9.78 Å². The van der Waals surface area contributed by atoms with Crippen LogP contribution in [-0.4, -0.2) is 57.1 Å². The zero-order valence-electron chi connectivity index (χ0n) is 16.4. The SMILES string of the molecule is CCOC(=O)c1sc(NC(=O)C(CC)n2c(N)nnc2SCC(=O)OC)nc1C. The first kappa shape index (κ1) is 22.6. The molecule has 2 aromatic heterocycles. The highest BCUT2D eigenvalue weighted by Crippen LogP contribution is 2.28. The summed E-state index contributed by atoms with van der Waals surface area (Å²) in [6.07, 6.45) is 0.384. The Morgan fingerprint density at radius 3 is 2.66 bits per heavy atom. The summed E-state index contributed by atoms with van der Waals surface area (Å²) in [5.41, 5.74) is 6.36. The molecule has 11 nitrogen and oxygen atoms in total. The first-order chi connectivity index (χ1) is 13.8. The number of hydrogen-bond acceptors (Lipinski definition) is 11. The maximum Gasteiger partial charge on any atom is 0.350 e. The summed E-state index contributed by atoms with van der Waals surface area (Å²) >= 11 is 2.10. The molecule has 0 aliphatic heterocycles. The molecule has 2 rings (SSSR count). The van der Waals surface area contributed by atoms with Crippen molar-refractivity contribution in [3.05, 3.63) is 10.6 Å². The molecule has 1 amide bonds. The Morgan fingerprint density at radius 2 is 2.03 bits per heavy atom. The number of ether oxygens (including phenoxy) is 2. The van der Waals surface area contributed by atoms with Crippen molar-refractivity contribution in [3.63, 3.8) is 0 Å². The van der Waals surface area contributed by atoms with E-state index in [0.29, 0.717) is 22.1 Å². The van der Waals surface area contributed by atoms with Gasteiger partial charge in [0.05, 0.1) is 25.2 Å². The third-order valence-corrected chi connectivity index (χ3v) is 5.70. The number of aromatic nitrogens is 4. The smallest absolute Gasteiger partial charge is 0.350 e. The van der Waals surface area contributed by atoms with E-state index in [4.69, 9.17) is 10.5 Å². The molecule has 1 atom stereocenters. The summed E-state index contributed by atoms with van der Waals surface area (Å²) in [6.45, 7) is 5.42. The minimum absolute atomic E-state index is 0.00125. The van der Waals surface area contributed by atoms with Gasteiger partial charge in [0.15, 0.2) is 10.3 Å². The minimum Gasteiger partial charge on any atom is -0.468 e. The van der Waals surface area contributed by atoms with Gasteiger partial charge >= 0.3 is 11.9 Å². The molecule has 0 spiro atoms. The van der Waals surface area contributed by atoms with E-state index < -0.39 is 23.9 Å². The third kappa shape index (κ3) is 5.44. The number of nitrogen functional groups attached to an aromatic ring is 1. The van der Waals surface area contributed by atoms with E-state index in [0.717, 1.165) is 23.1 Å². The van der Waals surface area contributed by atoms with Crippen LogP contribution < -0.4 is 11.1 Å². The number of methoxy groups -OCH3 is 1. The molecule has 158 valence electrons. The van der Waals surface area contributed by atoms with Crippen LogP contribution in [0, 0.1) is 6.92 Å². The normalized spacial score (nSPS) is 11.7. The number of nitrogens with one attached hydrogen (secondary N) is 1. The first-order valence-corrected chi connectivity index (χ1v) is 10.5. The van der Waals surface area contributed by atoms with Crippen LogP contribution >= 0.6 is 23.1 Å². The van der Waals surface area contributed by atoms with Gasteiger partial charge in [-0.05, 0) is 20.3 Å². The lowest BCUT2D eigenvalue weighted by Gasteiger charge is -2.18. The van der Waals surface area contributed by atoms with E-state index in [9.17, 15) is 14.4 Å². The number of hydrogen-bond donors (Lipinski definition) is 2. The monoisotopic (exact) mass is 442 g/mol. The van der Waals surface area contributed by atoms with Crippen molar-refractivity contribution in [3.8, 4) is 0 Å². The summed E-state index contributed by atoms with van der Waals surface area (Å²) in [4.78, 5) is 40.7. The number of nitrogens with zero attached hydrogens (tertiary/aromatic N) is 4. The fourth-order valence-electron chi connectivity index (χ4n) is 2.37. The average molecular weight is 443 g/mol. The van der Waals surface area contributed by atoms with Crippen LogP contribution in [0.15, 0.2) is 5.16 Å². The summed E-state index contributed by atoms with van der Waals surface area (Å²) in [6, 6.07) is -0.736. The number of carbonyl (C=O) groups is 3. The molecule has 0 bridgehead atoms. The molecule has 0 fully saturated rings. The third-order valence-electron chi connectivity index (χ3n) is 3.73. The Labute approximate surface area is 175 Å². The van der Waals surface area contributed by atoms with Gasteiger partial charge in [-0.3, -0.25) is 14.2 Å². The van der Waals surface area contributed by atoms with Gasteiger partial charge in [0.25, 0.3) is 0 Å². The number of thiazole rings is 1. The van der Waals surface area contributed by atoms with E-state index in [2.05, 4.69) is 25.2 Å². The fourth-order valence-corrected chi connectivity index (χ4v) is 4.06. The predicted molar refractivity (Wildman–Crippen MR) is 108 cm³/mol. The molecule has 0 saturated carbocycles. The van der Waals surface area contributed by atoms with Gasteiger partial charge in [0, 0.05) is 0 Å². The number of amides is 1. The number of esters is 2. The Hall–Kier alpha value is -2.67. The second kappa shape index (κ2) is 10.2. The van der Waals surface area contributed by atoms with Gasteiger partial charge in [-0.2, -0.15) is 0 Å². The maximum atomic E-state index is 12.9. The molecule has 0 aliphatic rings. The molecular formula is C16H22N6O5S2. The van der Waals surface area contributed by atoms with Crippen molar-refractivity contribution in [1.29, 1.82) is 0 Å². The number of carbonyl (C=O) groups excluding carboxylic acids is 3. The van der Waals surface area contributed by atoms with E-state index >= 15 is 0 Å². The first-order valence-electron chi connectivity index (χ1n) is 8.67. The van der Waals surface area contributed by atoms with Crippen LogP contribution in [0.5, 0.6) is 0 Å². The zero-order valence-corrected chi connectivity index (χ0v) is 18.1. The lowest BCUT2D eigenvalue weighted by molar-refractivity contribution is -0.137. The maximum absolute atomic E-state index is 12.9. The summed E-state index contributed by atoms with van der Waals surface area (Å²) in [7, 11) is 1.28. The van der Waals surface area contributed by atoms with Crippen molar-refractivity contribution in [2.24, 2.45) is 0 Å². The second-order valence-electron chi connectivity index (χ2n) is 5.64. The van der Waals surface area contributed by atoms with Crippen molar-refractivity contribution in [1.82, 2.24) is 19.7 Å². The van der Waals surface area contributed by atoms with Crippen molar-refractivity contribution in [2.45, 2.75) is 38.4 Å². The highest BCUT2D eigenvalue weighted by Gasteiger charge is 2.27. The Kier molecular flexibility index (Phi) is 7.96. The minimum atomic E-state index is -0.736. The molecule has 1 unspecified atom stereocenters. The van der Waals surface area contributed by atoms with Crippen LogP contribution in [0.25, 0.3) is 0 Å². The molecule has 0 aliphatic carbocycles. The quantitative estimate of drug-likeness (QED) is 0.433. The van der Waals surface area contributed by atoms with Crippen LogP contribution in [0.1, 0.15) is 41.7 Å². The lowest BCUT2D eigenvalue weighted by atomic mass is 10.2. The van der Waals surface area contributed by atoms with Gasteiger partial charge in [0.2, 0.25) is 11.9 Å². The molecule has 2 heterocycles. The molecule has 29 heavy (non-hydrogen) atoms. The molecule has 3 N–H and O–H groups in total. The Morgan fingerprint density at radius 1 is 1.31 bits per heavy atom. The molecule has 0 saturated heterocycles. The van der Waals surface area contributed by atoms with Crippen LogP contribution in [0.3, 0.4) is 0 Å². The molecule has 13 heteroatoms. The molecule has 0 radical (unpaired) electrons. The second-order valence-corrected chi connectivity index (χ2v) is 7.58. The van der Waals surface area contributed by atoms with E-state index in [1.54, 1.807) is 20.8 Å². The lowest BCUT2D eigenvalue weighted by Crippen LogP contribution is -2.27. The van der Waals surface area contributed by atoms with Crippen LogP contribution in [-0.2, 0) is 19.1 Å². The van der Waals surface area contributed by atoms with Gasteiger partial charge in [-0.1, -0.05) is 30.0 Å². The Balaban J connectivity index is 2.20. The van der Waals surface area contributed by atoms with E-state index in [1.807, 2.05) is 0 Å². The van der Waals surface area contributed by atoms with Crippen molar-refractivity contribution in [2.75, 3.05) is 30.5 Å².